The van der Waals surface area contributed by atoms with E-state index in [1.807, 2.05) is 5.38 Å². The molecule has 4 fully saturated rings. The molecule has 0 atom stereocenters. The number of hydrogen-bond acceptors (Lipinski definition) is 4. The van der Waals surface area contributed by atoms with Crippen molar-refractivity contribution in [3.8, 4) is 0 Å². The minimum absolute atomic E-state index is 0.241. The van der Waals surface area contributed by atoms with Crippen LogP contribution in [0.1, 0.15) is 50.6 Å². The third-order valence-corrected chi connectivity index (χ3v) is 6.70. The highest BCUT2D eigenvalue weighted by atomic mass is 32.1. The van der Waals surface area contributed by atoms with Crippen LogP contribution >= 0.6 is 11.3 Å². The van der Waals surface area contributed by atoms with E-state index in [4.69, 9.17) is 5.73 Å². The van der Waals surface area contributed by atoms with Crippen molar-refractivity contribution in [2.45, 2.75) is 51.4 Å². The van der Waals surface area contributed by atoms with Gasteiger partial charge < -0.3 is 11.1 Å². The molecule has 22 heavy (non-hydrogen) atoms. The fourth-order valence-corrected chi connectivity index (χ4v) is 6.27. The number of anilines is 1. The van der Waals surface area contributed by atoms with Crippen LogP contribution in [0.25, 0.3) is 0 Å². The van der Waals surface area contributed by atoms with Crippen LogP contribution in [0.2, 0.25) is 0 Å². The monoisotopic (exact) mass is 319 g/mol. The van der Waals surface area contributed by atoms with Crippen LogP contribution < -0.4 is 11.1 Å². The zero-order chi connectivity index (χ0) is 15.2. The van der Waals surface area contributed by atoms with Crippen LogP contribution in [0.3, 0.4) is 0 Å². The van der Waals surface area contributed by atoms with Gasteiger partial charge in [0.15, 0.2) is 5.13 Å². The van der Waals surface area contributed by atoms with E-state index in [1.165, 1.54) is 49.9 Å². The number of nitrogens with two attached hydrogens (primary N) is 1. The molecule has 0 spiro atoms. The van der Waals surface area contributed by atoms with Crippen molar-refractivity contribution in [2.24, 2.45) is 23.2 Å². The number of rotatable bonds is 5. The zero-order valence-electron chi connectivity index (χ0n) is 13.0. The maximum Gasteiger partial charge on any atom is 0.220 e. The molecule has 1 aromatic heterocycles. The number of thiazole rings is 1. The average Bonchev–Trinajstić information content (AvgIpc) is 2.82. The summed E-state index contributed by atoms with van der Waals surface area (Å²) in [5.41, 5.74) is 6.95. The lowest BCUT2D eigenvalue weighted by Crippen LogP contribution is -2.48. The number of aromatic nitrogens is 1. The van der Waals surface area contributed by atoms with E-state index < -0.39 is 0 Å². The summed E-state index contributed by atoms with van der Waals surface area (Å²) >= 11 is 1.46. The third kappa shape index (κ3) is 2.87. The summed E-state index contributed by atoms with van der Waals surface area (Å²) in [5.74, 6) is 2.98. The van der Waals surface area contributed by atoms with E-state index in [2.05, 4.69) is 10.3 Å². The van der Waals surface area contributed by atoms with Crippen molar-refractivity contribution < 1.29 is 4.79 Å². The van der Waals surface area contributed by atoms with Crippen LogP contribution in [-0.2, 0) is 11.2 Å². The smallest absolute Gasteiger partial charge is 0.220 e. The second kappa shape index (κ2) is 5.52. The van der Waals surface area contributed by atoms with Gasteiger partial charge in [-0.15, -0.1) is 11.3 Å². The molecule has 0 aromatic carbocycles. The van der Waals surface area contributed by atoms with Crippen LogP contribution in [-0.4, -0.2) is 17.4 Å². The van der Waals surface area contributed by atoms with Gasteiger partial charge in [-0.1, -0.05) is 0 Å². The molecule has 4 aliphatic rings. The Bertz CT molecular complexity index is 533. The van der Waals surface area contributed by atoms with Gasteiger partial charge in [0.1, 0.15) is 0 Å². The number of nitrogens with one attached hydrogen (secondary N) is 1. The maximum absolute atomic E-state index is 12.4. The van der Waals surface area contributed by atoms with Crippen LogP contribution in [0.5, 0.6) is 0 Å². The summed E-state index contributed by atoms with van der Waals surface area (Å²) in [7, 11) is 0. The molecule has 4 nitrogen and oxygen atoms in total. The number of nitrogens with zero attached hydrogens (tertiary/aromatic N) is 1. The Morgan fingerprint density at radius 2 is 1.91 bits per heavy atom. The molecule has 1 amide bonds. The molecule has 120 valence electrons. The highest BCUT2D eigenvalue weighted by Crippen LogP contribution is 2.61. The van der Waals surface area contributed by atoms with Crippen molar-refractivity contribution in [1.82, 2.24) is 10.3 Å². The van der Waals surface area contributed by atoms with Crippen molar-refractivity contribution in [3.63, 3.8) is 0 Å². The standard InChI is InChI=1S/C17H25N3OS/c18-16-20-14(10-22-16)1-2-19-15(21)9-17-6-11-3-12(7-17)5-13(4-11)8-17/h10-13H,1-9H2,(H2,18,20)(H,19,21). The van der Waals surface area contributed by atoms with E-state index in [-0.39, 0.29) is 5.91 Å². The van der Waals surface area contributed by atoms with Crippen molar-refractivity contribution >= 4 is 22.4 Å². The van der Waals surface area contributed by atoms with Gasteiger partial charge in [-0.3, -0.25) is 4.79 Å². The first kappa shape index (κ1) is 14.5. The predicted octanol–water partition coefficient (Wildman–Crippen LogP) is 2.99. The number of nitrogen functional groups attached to an aromatic ring is 1. The molecule has 4 bridgehead atoms. The molecular formula is C17H25N3OS. The molecule has 0 aliphatic heterocycles. The first-order valence-electron chi connectivity index (χ1n) is 8.57. The van der Waals surface area contributed by atoms with E-state index >= 15 is 0 Å². The quantitative estimate of drug-likeness (QED) is 0.876. The molecule has 5 heteroatoms. The van der Waals surface area contributed by atoms with Crippen LogP contribution in [0.15, 0.2) is 5.38 Å². The topological polar surface area (TPSA) is 68.0 Å². The lowest BCUT2D eigenvalue weighted by molar-refractivity contribution is -0.129. The number of carbonyl (C=O) groups is 1. The summed E-state index contributed by atoms with van der Waals surface area (Å²) in [6.45, 7) is 0.675. The minimum atomic E-state index is 0.241. The highest BCUT2D eigenvalue weighted by molar-refractivity contribution is 7.13. The van der Waals surface area contributed by atoms with Crippen molar-refractivity contribution in [1.29, 1.82) is 0 Å². The van der Waals surface area contributed by atoms with Gasteiger partial charge in [-0.2, -0.15) is 0 Å². The first-order chi connectivity index (χ1) is 10.6. The number of amides is 1. The largest absolute Gasteiger partial charge is 0.375 e. The molecule has 3 N–H and O–H groups in total. The fraction of sp³-hybridized carbons (Fsp3) is 0.765. The highest BCUT2D eigenvalue weighted by Gasteiger charge is 2.51. The minimum Gasteiger partial charge on any atom is -0.375 e. The van der Waals surface area contributed by atoms with E-state index in [9.17, 15) is 4.79 Å². The van der Waals surface area contributed by atoms with Crippen LogP contribution in [0.4, 0.5) is 5.13 Å². The first-order valence-corrected chi connectivity index (χ1v) is 9.45. The molecule has 0 unspecified atom stereocenters. The Hall–Kier alpha value is -1.10. The molecule has 1 aromatic rings. The van der Waals surface area contributed by atoms with E-state index in [0.717, 1.165) is 36.3 Å². The van der Waals surface area contributed by atoms with Gasteiger partial charge in [0.05, 0.1) is 5.69 Å². The second-order valence-corrected chi connectivity index (χ2v) is 8.76. The molecule has 0 saturated heterocycles. The Labute approximate surface area is 135 Å². The lowest BCUT2D eigenvalue weighted by Gasteiger charge is -2.56. The average molecular weight is 319 g/mol. The van der Waals surface area contributed by atoms with Gasteiger partial charge in [0.2, 0.25) is 5.91 Å². The molecule has 5 rings (SSSR count). The lowest BCUT2D eigenvalue weighted by atomic mass is 9.49. The van der Waals surface area contributed by atoms with Gasteiger partial charge in [-0.05, 0) is 61.7 Å². The van der Waals surface area contributed by atoms with E-state index in [0.29, 0.717) is 17.1 Å². The second-order valence-electron chi connectivity index (χ2n) is 7.87. The summed E-state index contributed by atoms with van der Waals surface area (Å²) in [6, 6.07) is 0. The molecule has 4 saturated carbocycles. The van der Waals surface area contributed by atoms with Crippen molar-refractivity contribution in [3.05, 3.63) is 11.1 Å². The molecule has 0 radical (unpaired) electrons. The Morgan fingerprint density at radius 1 is 1.27 bits per heavy atom. The van der Waals surface area contributed by atoms with Crippen molar-refractivity contribution in [2.75, 3.05) is 12.3 Å². The summed E-state index contributed by atoms with van der Waals surface area (Å²) in [5, 5.41) is 5.68. The van der Waals surface area contributed by atoms with Gasteiger partial charge in [0, 0.05) is 24.8 Å². The number of carbonyl (C=O) groups excluding carboxylic acids is 1. The Kier molecular flexibility index (Phi) is 3.63. The van der Waals surface area contributed by atoms with Crippen LogP contribution in [0, 0.1) is 23.2 Å². The fourth-order valence-electron chi connectivity index (χ4n) is 5.68. The van der Waals surface area contributed by atoms with Gasteiger partial charge in [-0.25, -0.2) is 4.98 Å². The number of hydrogen-bond donors (Lipinski definition) is 2. The van der Waals surface area contributed by atoms with E-state index in [1.54, 1.807) is 0 Å². The third-order valence-electron chi connectivity index (χ3n) is 5.97. The molecular weight excluding hydrogens is 294 g/mol. The summed E-state index contributed by atoms with van der Waals surface area (Å²) in [4.78, 5) is 16.6. The van der Waals surface area contributed by atoms with Gasteiger partial charge in [0.25, 0.3) is 0 Å². The Morgan fingerprint density at radius 3 is 2.45 bits per heavy atom. The van der Waals surface area contributed by atoms with Gasteiger partial charge >= 0.3 is 0 Å². The maximum atomic E-state index is 12.4. The summed E-state index contributed by atoms with van der Waals surface area (Å²) in [6.07, 6.45) is 9.74. The zero-order valence-corrected chi connectivity index (χ0v) is 13.8. The normalized spacial score (nSPS) is 35.7. The molecule has 1 heterocycles. The predicted molar refractivity (Wildman–Crippen MR) is 88.5 cm³/mol. The molecule has 4 aliphatic carbocycles. The SMILES string of the molecule is Nc1nc(CCNC(=O)CC23CC4CC(CC(C4)C2)C3)cs1. The summed E-state index contributed by atoms with van der Waals surface area (Å²) < 4.78 is 0. The Balaban J connectivity index is 1.29.